The van der Waals surface area contributed by atoms with E-state index < -0.39 is 0 Å². The van der Waals surface area contributed by atoms with E-state index in [1.165, 1.54) is 11.1 Å². The molecule has 0 spiro atoms. The van der Waals surface area contributed by atoms with E-state index in [-0.39, 0.29) is 0 Å². The van der Waals surface area contributed by atoms with Gasteiger partial charge in [-0.15, -0.1) is 0 Å². The van der Waals surface area contributed by atoms with E-state index in [4.69, 9.17) is 4.42 Å². The number of rotatable bonds is 3. The molecular weight excluding hydrogens is 184 g/mol. The minimum absolute atomic E-state index is 1.01. The van der Waals surface area contributed by atoms with Gasteiger partial charge in [-0.25, -0.2) is 0 Å². The molecule has 0 bridgehead atoms. The summed E-state index contributed by atoms with van der Waals surface area (Å²) in [7, 11) is 0. The summed E-state index contributed by atoms with van der Waals surface area (Å²) in [6.07, 6.45) is 2.15. The van der Waals surface area contributed by atoms with E-state index >= 15 is 0 Å². The molecule has 0 unspecified atom stereocenters. The molecule has 0 saturated carbocycles. The van der Waals surface area contributed by atoms with Crippen molar-refractivity contribution in [2.24, 2.45) is 0 Å². The summed E-state index contributed by atoms with van der Waals surface area (Å²) < 4.78 is 5.50. The van der Waals surface area contributed by atoms with Gasteiger partial charge < -0.3 is 4.42 Å². The highest BCUT2D eigenvalue weighted by Crippen LogP contribution is 2.16. The van der Waals surface area contributed by atoms with Gasteiger partial charge in [0.15, 0.2) is 0 Å². The summed E-state index contributed by atoms with van der Waals surface area (Å²) >= 11 is 0. The van der Waals surface area contributed by atoms with Crippen molar-refractivity contribution in [2.45, 2.75) is 26.7 Å². The molecule has 1 heterocycles. The first-order chi connectivity index (χ1) is 7.25. The Morgan fingerprint density at radius 1 is 1.00 bits per heavy atom. The summed E-state index contributed by atoms with van der Waals surface area (Å²) in [5, 5.41) is 0. The predicted molar refractivity (Wildman–Crippen MR) is 62.0 cm³/mol. The minimum Gasteiger partial charge on any atom is -0.466 e. The maximum absolute atomic E-state index is 5.50. The van der Waals surface area contributed by atoms with Gasteiger partial charge in [0.05, 0.1) is 0 Å². The van der Waals surface area contributed by atoms with E-state index in [0.717, 1.165) is 24.4 Å². The van der Waals surface area contributed by atoms with Crippen LogP contribution in [0.4, 0.5) is 0 Å². The van der Waals surface area contributed by atoms with Crippen LogP contribution in [-0.4, -0.2) is 0 Å². The fourth-order valence-corrected chi connectivity index (χ4v) is 1.86. The molecule has 0 atom stereocenters. The van der Waals surface area contributed by atoms with Crippen LogP contribution in [0, 0.1) is 13.8 Å². The van der Waals surface area contributed by atoms with Crippen molar-refractivity contribution in [1.29, 1.82) is 0 Å². The minimum atomic E-state index is 1.01. The molecule has 0 aliphatic heterocycles. The largest absolute Gasteiger partial charge is 0.466 e. The van der Waals surface area contributed by atoms with Crippen molar-refractivity contribution in [3.8, 4) is 0 Å². The van der Waals surface area contributed by atoms with Crippen molar-refractivity contribution in [3.05, 3.63) is 59.0 Å². The van der Waals surface area contributed by atoms with E-state index in [0.29, 0.717) is 0 Å². The second kappa shape index (κ2) is 4.35. The zero-order valence-electron chi connectivity index (χ0n) is 9.29. The maximum atomic E-state index is 5.50. The Bertz CT molecular complexity index is 426. The molecule has 78 valence electrons. The van der Waals surface area contributed by atoms with Crippen LogP contribution < -0.4 is 0 Å². The number of hydrogen-bond acceptors (Lipinski definition) is 1. The lowest BCUT2D eigenvalue weighted by atomic mass is 10.1. The van der Waals surface area contributed by atoms with Crippen LogP contribution >= 0.6 is 0 Å². The van der Waals surface area contributed by atoms with Crippen molar-refractivity contribution < 1.29 is 4.42 Å². The van der Waals surface area contributed by atoms with Crippen LogP contribution in [0.25, 0.3) is 0 Å². The summed E-state index contributed by atoms with van der Waals surface area (Å²) in [6, 6.07) is 12.7. The fraction of sp³-hybridized carbons (Fsp3) is 0.286. The third-order valence-electron chi connectivity index (χ3n) is 2.67. The zero-order chi connectivity index (χ0) is 10.7. The normalized spacial score (nSPS) is 10.5. The molecule has 1 heteroatoms. The molecule has 1 aromatic heterocycles. The van der Waals surface area contributed by atoms with E-state index in [9.17, 15) is 0 Å². The number of furan rings is 1. The van der Waals surface area contributed by atoms with Crippen LogP contribution in [0.1, 0.15) is 22.6 Å². The molecular formula is C14H16O. The van der Waals surface area contributed by atoms with Gasteiger partial charge in [-0.05, 0) is 43.9 Å². The first-order valence-corrected chi connectivity index (χ1v) is 5.35. The Morgan fingerprint density at radius 3 is 2.33 bits per heavy atom. The molecule has 0 fully saturated rings. The molecule has 0 aliphatic carbocycles. The van der Waals surface area contributed by atoms with E-state index in [2.05, 4.69) is 36.4 Å². The van der Waals surface area contributed by atoms with Gasteiger partial charge in [-0.1, -0.05) is 30.3 Å². The predicted octanol–water partition coefficient (Wildman–Crippen LogP) is 3.68. The molecule has 2 rings (SSSR count). The second-order valence-electron chi connectivity index (χ2n) is 3.92. The van der Waals surface area contributed by atoms with Gasteiger partial charge in [-0.2, -0.15) is 0 Å². The van der Waals surface area contributed by atoms with Crippen LogP contribution in [0.3, 0.4) is 0 Å². The van der Waals surface area contributed by atoms with E-state index in [1.54, 1.807) is 0 Å². The average Bonchev–Trinajstić information content (AvgIpc) is 2.56. The molecule has 0 N–H and O–H groups in total. The molecule has 15 heavy (non-hydrogen) atoms. The summed E-state index contributed by atoms with van der Waals surface area (Å²) in [4.78, 5) is 0. The third kappa shape index (κ3) is 2.50. The number of aryl methyl sites for hydroxylation is 4. The lowest BCUT2D eigenvalue weighted by molar-refractivity contribution is 0.501. The maximum Gasteiger partial charge on any atom is 0.104 e. The van der Waals surface area contributed by atoms with Crippen LogP contribution in [0.2, 0.25) is 0 Å². The standard InChI is InChI=1S/C14H16O/c1-11-10-14(12(2)15-11)9-8-13-6-4-3-5-7-13/h3-7,10H,8-9H2,1-2H3. The first-order valence-electron chi connectivity index (χ1n) is 5.35. The Hall–Kier alpha value is -1.50. The van der Waals surface area contributed by atoms with Crippen LogP contribution in [-0.2, 0) is 12.8 Å². The molecule has 1 nitrogen and oxygen atoms in total. The van der Waals surface area contributed by atoms with E-state index in [1.807, 2.05) is 13.8 Å². The zero-order valence-corrected chi connectivity index (χ0v) is 9.29. The monoisotopic (exact) mass is 200 g/mol. The number of benzene rings is 1. The van der Waals surface area contributed by atoms with Crippen LogP contribution in [0.5, 0.6) is 0 Å². The van der Waals surface area contributed by atoms with Crippen LogP contribution in [0.15, 0.2) is 40.8 Å². The second-order valence-corrected chi connectivity index (χ2v) is 3.92. The highest BCUT2D eigenvalue weighted by atomic mass is 16.3. The fourth-order valence-electron chi connectivity index (χ4n) is 1.86. The Kier molecular flexibility index (Phi) is 2.91. The van der Waals surface area contributed by atoms with Gasteiger partial charge in [0.2, 0.25) is 0 Å². The SMILES string of the molecule is Cc1cc(CCc2ccccc2)c(C)o1. The van der Waals surface area contributed by atoms with Gasteiger partial charge in [-0.3, -0.25) is 0 Å². The summed E-state index contributed by atoms with van der Waals surface area (Å²) in [6.45, 7) is 4.03. The highest BCUT2D eigenvalue weighted by Gasteiger charge is 2.04. The molecule has 0 saturated heterocycles. The molecule has 2 aromatic rings. The van der Waals surface area contributed by atoms with Gasteiger partial charge >= 0.3 is 0 Å². The lowest BCUT2D eigenvalue weighted by Gasteiger charge is -1.99. The molecule has 1 aromatic carbocycles. The lowest BCUT2D eigenvalue weighted by Crippen LogP contribution is -1.90. The van der Waals surface area contributed by atoms with Gasteiger partial charge in [0.1, 0.15) is 11.5 Å². The smallest absolute Gasteiger partial charge is 0.104 e. The Morgan fingerprint density at radius 2 is 1.73 bits per heavy atom. The summed E-state index contributed by atoms with van der Waals surface area (Å²) in [5.74, 6) is 2.07. The molecule has 0 aliphatic rings. The molecule has 0 radical (unpaired) electrons. The van der Waals surface area contributed by atoms with Crippen molar-refractivity contribution >= 4 is 0 Å². The Labute approximate surface area is 90.7 Å². The topological polar surface area (TPSA) is 13.1 Å². The van der Waals surface area contributed by atoms with Gasteiger partial charge in [0, 0.05) is 0 Å². The third-order valence-corrected chi connectivity index (χ3v) is 2.67. The van der Waals surface area contributed by atoms with Gasteiger partial charge in [0.25, 0.3) is 0 Å². The van der Waals surface area contributed by atoms with Crippen molar-refractivity contribution in [1.82, 2.24) is 0 Å². The van der Waals surface area contributed by atoms with Crippen molar-refractivity contribution in [2.75, 3.05) is 0 Å². The Balaban J connectivity index is 2.02. The van der Waals surface area contributed by atoms with Crippen molar-refractivity contribution in [3.63, 3.8) is 0 Å². The number of hydrogen-bond donors (Lipinski definition) is 0. The average molecular weight is 200 g/mol. The quantitative estimate of drug-likeness (QED) is 0.736. The highest BCUT2D eigenvalue weighted by molar-refractivity contribution is 5.23. The first kappa shape index (κ1) is 10.0. The summed E-state index contributed by atoms with van der Waals surface area (Å²) in [5.41, 5.74) is 2.71. The molecule has 0 amide bonds.